The van der Waals surface area contributed by atoms with Crippen LogP contribution in [-0.4, -0.2) is 71.9 Å². The monoisotopic (exact) mass is 420 g/mol. The molecule has 1 aliphatic rings. The van der Waals surface area contributed by atoms with Crippen LogP contribution in [0.5, 0.6) is 0 Å². The first-order chi connectivity index (χ1) is 13.9. The van der Waals surface area contributed by atoms with Gasteiger partial charge in [-0.25, -0.2) is 9.59 Å². The van der Waals surface area contributed by atoms with E-state index in [1.165, 1.54) is 11.0 Å². The van der Waals surface area contributed by atoms with Gasteiger partial charge in [-0.05, 0) is 59.7 Å². The Morgan fingerprint density at radius 3 is 2.47 bits per heavy atom. The number of benzene rings is 1. The lowest BCUT2D eigenvalue weighted by molar-refractivity contribution is -0.0647. The van der Waals surface area contributed by atoms with Crippen LogP contribution in [0, 0.1) is 0 Å². The van der Waals surface area contributed by atoms with Crippen LogP contribution in [-0.2, 0) is 14.2 Å². The molecule has 1 aliphatic heterocycles. The Labute approximate surface area is 178 Å². The van der Waals surface area contributed by atoms with Gasteiger partial charge in [0.25, 0.3) is 5.91 Å². The number of hydrogen-bond acceptors (Lipinski definition) is 6. The zero-order valence-corrected chi connectivity index (χ0v) is 18.9. The molecule has 0 saturated carbocycles. The molecule has 1 atom stereocenters. The Morgan fingerprint density at radius 1 is 1.23 bits per heavy atom. The first-order valence-electron chi connectivity index (χ1n) is 10.0. The van der Waals surface area contributed by atoms with Crippen molar-refractivity contribution in [1.82, 2.24) is 9.80 Å². The van der Waals surface area contributed by atoms with Gasteiger partial charge in [-0.2, -0.15) is 0 Å². The Hall–Kier alpha value is -2.61. The average molecular weight is 421 g/mol. The minimum atomic E-state index is -0.878. The largest absolute Gasteiger partial charge is 0.460 e. The van der Waals surface area contributed by atoms with Gasteiger partial charge < -0.3 is 19.1 Å². The molecule has 1 aromatic carbocycles. The third-order valence-corrected chi connectivity index (χ3v) is 4.74. The highest BCUT2D eigenvalue weighted by Crippen LogP contribution is 2.29. The highest BCUT2D eigenvalue weighted by molar-refractivity contribution is 5.97. The molecular weight excluding hydrogens is 388 g/mol. The van der Waals surface area contributed by atoms with Crippen LogP contribution in [0.4, 0.5) is 4.79 Å². The fourth-order valence-electron chi connectivity index (χ4n) is 3.08. The minimum absolute atomic E-state index is 0.0471. The first kappa shape index (κ1) is 23.7. The number of carbonyl (C=O) groups excluding carboxylic acids is 3. The van der Waals surface area contributed by atoms with Crippen LogP contribution < -0.4 is 0 Å². The number of rotatable bonds is 5. The fourth-order valence-corrected chi connectivity index (χ4v) is 3.08. The van der Waals surface area contributed by atoms with E-state index in [1.807, 2.05) is 6.92 Å². The zero-order chi connectivity index (χ0) is 22.7. The van der Waals surface area contributed by atoms with Crippen LogP contribution in [0.25, 0.3) is 0 Å². The third kappa shape index (κ3) is 5.72. The summed E-state index contributed by atoms with van der Waals surface area (Å²) in [5.74, 6) is -0.744. The van der Waals surface area contributed by atoms with Gasteiger partial charge in [-0.1, -0.05) is 6.07 Å². The summed E-state index contributed by atoms with van der Waals surface area (Å²) in [5.41, 5.74) is -0.853. The van der Waals surface area contributed by atoms with E-state index < -0.39 is 29.4 Å². The molecule has 1 saturated heterocycles. The van der Waals surface area contributed by atoms with Crippen LogP contribution in [0.15, 0.2) is 24.3 Å². The molecule has 0 bridgehead atoms. The maximum atomic E-state index is 12.7. The van der Waals surface area contributed by atoms with E-state index in [2.05, 4.69) is 0 Å². The summed E-state index contributed by atoms with van der Waals surface area (Å²) in [6.45, 7) is 11.5. The summed E-state index contributed by atoms with van der Waals surface area (Å²) in [6, 6.07) is 5.92. The van der Waals surface area contributed by atoms with E-state index in [0.717, 1.165) is 0 Å². The van der Waals surface area contributed by atoms with Crippen molar-refractivity contribution in [2.75, 3.05) is 26.8 Å². The van der Waals surface area contributed by atoms with Gasteiger partial charge >= 0.3 is 12.1 Å². The number of nitrogens with zero attached hydrogens (tertiary/aromatic N) is 2. The van der Waals surface area contributed by atoms with E-state index in [4.69, 9.17) is 14.2 Å². The van der Waals surface area contributed by atoms with Crippen molar-refractivity contribution >= 4 is 18.0 Å². The van der Waals surface area contributed by atoms with Gasteiger partial charge in [0.15, 0.2) is 0 Å². The van der Waals surface area contributed by atoms with Crippen molar-refractivity contribution in [3.8, 4) is 0 Å². The predicted octanol–water partition coefficient (Wildman–Crippen LogP) is 3.31. The van der Waals surface area contributed by atoms with Crippen LogP contribution in [0.2, 0.25) is 0 Å². The molecular formula is C22H32N2O6. The summed E-state index contributed by atoms with van der Waals surface area (Å²) >= 11 is 0. The lowest BCUT2D eigenvalue weighted by Crippen LogP contribution is -2.51. The van der Waals surface area contributed by atoms with Crippen LogP contribution in [0.3, 0.4) is 0 Å². The van der Waals surface area contributed by atoms with E-state index in [9.17, 15) is 14.4 Å². The molecule has 8 nitrogen and oxygen atoms in total. The molecule has 0 aliphatic carbocycles. The van der Waals surface area contributed by atoms with Crippen LogP contribution >= 0.6 is 0 Å². The Balaban J connectivity index is 2.08. The first-order valence-corrected chi connectivity index (χ1v) is 10.0. The Bertz CT molecular complexity index is 799. The molecule has 0 N–H and O–H groups in total. The smallest absolute Gasteiger partial charge is 0.413 e. The number of hydrogen-bond donors (Lipinski definition) is 0. The molecule has 0 aromatic heterocycles. The van der Waals surface area contributed by atoms with Crippen molar-refractivity contribution in [3.63, 3.8) is 0 Å². The molecule has 0 unspecified atom stereocenters. The molecule has 2 amide bonds. The van der Waals surface area contributed by atoms with Gasteiger partial charge in [0.1, 0.15) is 17.9 Å². The molecule has 0 spiro atoms. The maximum absolute atomic E-state index is 12.7. The summed E-state index contributed by atoms with van der Waals surface area (Å²) in [7, 11) is 1.69. The van der Waals surface area contributed by atoms with Gasteiger partial charge in [-0.3, -0.25) is 9.69 Å². The van der Waals surface area contributed by atoms with Crippen molar-refractivity contribution in [3.05, 3.63) is 35.4 Å². The lowest BCUT2D eigenvalue weighted by atomic mass is 10.1. The molecule has 8 heteroatoms. The summed E-state index contributed by atoms with van der Waals surface area (Å²) in [5, 5.41) is 0. The van der Waals surface area contributed by atoms with Gasteiger partial charge in [-0.15, -0.1) is 0 Å². The third-order valence-electron chi connectivity index (χ3n) is 4.74. The second-order valence-corrected chi connectivity index (χ2v) is 8.76. The summed E-state index contributed by atoms with van der Waals surface area (Å²) < 4.78 is 16.6. The minimum Gasteiger partial charge on any atom is -0.460 e. The molecule has 1 heterocycles. The lowest BCUT2D eigenvalue weighted by Gasteiger charge is -2.34. The summed E-state index contributed by atoms with van der Waals surface area (Å²) in [4.78, 5) is 40.6. The summed E-state index contributed by atoms with van der Waals surface area (Å²) in [6.07, 6.45) is -0.527. The maximum Gasteiger partial charge on any atom is 0.413 e. The topological polar surface area (TPSA) is 85.4 Å². The molecule has 166 valence electrons. The predicted molar refractivity (Wildman–Crippen MR) is 111 cm³/mol. The molecule has 1 fully saturated rings. The number of carbonyl (C=O) groups is 3. The SMILES string of the molecule is CCN(C)C(=O)c1cccc(C(=O)OC[C@@H]2COC(C)(C)N2C(=O)OC(C)(C)C)c1. The second-order valence-electron chi connectivity index (χ2n) is 8.76. The molecule has 0 radical (unpaired) electrons. The quantitative estimate of drug-likeness (QED) is 0.680. The van der Waals surface area contributed by atoms with Crippen molar-refractivity contribution in [2.45, 2.75) is 58.9 Å². The number of ether oxygens (including phenoxy) is 3. The molecule has 1 aromatic rings. The van der Waals surface area contributed by atoms with Crippen molar-refractivity contribution in [2.24, 2.45) is 0 Å². The highest BCUT2D eigenvalue weighted by Gasteiger charge is 2.46. The number of amides is 2. The standard InChI is InChI=1S/C22H32N2O6/c1-8-23(7)18(25)15-10-9-11-16(12-15)19(26)28-13-17-14-29-22(5,6)24(17)20(27)30-21(2,3)4/h9-12,17H,8,13-14H2,1-7H3/t17-/m1/s1. The van der Waals surface area contributed by atoms with E-state index >= 15 is 0 Å². The molecule has 30 heavy (non-hydrogen) atoms. The van der Waals surface area contributed by atoms with Crippen LogP contribution in [0.1, 0.15) is 62.3 Å². The zero-order valence-electron chi connectivity index (χ0n) is 18.9. The van der Waals surface area contributed by atoms with E-state index in [1.54, 1.807) is 64.8 Å². The van der Waals surface area contributed by atoms with Gasteiger partial charge in [0.05, 0.1) is 18.2 Å². The fraction of sp³-hybridized carbons (Fsp3) is 0.591. The molecule has 2 rings (SSSR count). The van der Waals surface area contributed by atoms with Gasteiger partial charge in [0, 0.05) is 19.2 Å². The average Bonchev–Trinajstić information content (AvgIpc) is 2.97. The van der Waals surface area contributed by atoms with E-state index in [-0.39, 0.29) is 24.7 Å². The van der Waals surface area contributed by atoms with E-state index in [0.29, 0.717) is 12.1 Å². The second kappa shape index (κ2) is 9.04. The van der Waals surface area contributed by atoms with Crippen molar-refractivity contribution in [1.29, 1.82) is 0 Å². The Kier molecular flexibility index (Phi) is 7.13. The number of esters is 1. The normalized spacial score (nSPS) is 18.1. The highest BCUT2D eigenvalue weighted by atomic mass is 16.6. The van der Waals surface area contributed by atoms with Crippen molar-refractivity contribution < 1.29 is 28.6 Å². The Morgan fingerprint density at radius 2 is 1.87 bits per heavy atom. The van der Waals surface area contributed by atoms with Gasteiger partial charge in [0.2, 0.25) is 0 Å².